The molecule has 0 spiro atoms. The maximum atomic E-state index is 4.39. The van der Waals surface area contributed by atoms with Gasteiger partial charge in [0.25, 0.3) is 0 Å². The number of hydrogen-bond acceptors (Lipinski definition) is 4. The SMILES string of the molecule is CN(C)/N=C(\C=N\N(C)C)c1ccccc1. The van der Waals surface area contributed by atoms with Crippen LogP contribution < -0.4 is 0 Å². The van der Waals surface area contributed by atoms with E-state index in [1.54, 1.807) is 16.2 Å². The van der Waals surface area contributed by atoms with Crippen LogP contribution in [-0.2, 0) is 0 Å². The molecule has 0 saturated carbocycles. The maximum Gasteiger partial charge on any atom is 0.110 e. The van der Waals surface area contributed by atoms with E-state index in [0.717, 1.165) is 11.3 Å². The summed E-state index contributed by atoms with van der Waals surface area (Å²) in [5.74, 6) is 0. The van der Waals surface area contributed by atoms with Crippen molar-refractivity contribution in [2.75, 3.05) is 28.2 Å². The second-order valence-electron chi connectivity index (χ2n) is 3.79. The van der Waals surface area contributed by atoms with Crippen LogP contribution in [0.4, 0.5) is 0 Å². The Labute approximate surface area is 96.9 Å². The average Bonchev–Trinajstić information content (AvgIpc) is 2.25. The summed E-state index contributed by atoms with van der Waals surface area (Å²) in [7, 11) is 7.56. The molecule has 0 aliphatic rings. The van der Waals surface area contributed by atoms with E-state index in [-0.39, 0.29) is 0 Å². The van der Waals surface area contributed by atoms with Gasteiger partial charge in [0.1, 0.15) is 5.71 Å². The Morgan fingerprint density at radius 2 is 1.62 bits per heavy atom. The van der Waals surface area contributed by atoms with Gasteiger partial charge < -0.3 is 10.0 Å². The van der Waals surface area contributed by atoms with Crippen LogP contribution in [0.2, 0.25) is 0 Å². The maximum absolute atomic E-state index is 4.39. The third kappa shape index (κ3) is 4.13. The molecule has 0 fully saturated rings. The molecule has 0 N–H and O–H groups in total. The van der Waals surface area contributed by atoms with Crippen LogP contribution >= 0.6 is 0 Å². The lowest BCUT2D eigenvalue weighted by molar-refractivity contribution is 0.435. The molecule has 86 valence electrons. The van der Waals surface area contributed by atoms with Crippen LogP contribution in [0, 0.1) is 0 Å². The molecule has 0 aliphatic carbocycles. The Morgan fingerprint density at radius 3 is 2.12 bits per heavy atom. The van der Waals surface area contributed by atoms with Gasteiger partial charge >= 0.3 is 0 Å². The fraction of sp³-hybridized carbons (Fsp3) is 0.333. The molecule has 0 aliphatic heterocycles. The minimum Gasteiger partial charge on any atom is -0.303 e. The molecule has 0 aromatic heterocycles. The zero-order valence-corrected chi connectivity index (χ0v) is 10.3. The molecule has 1 aromatic carbocycles. The van der Waals surface area contributed by atoms with Crippen LogP contribution in [0.3, 0.4) is 0 Å². The first-order chi connectivity index (χ1) is 7.59. The van der Waals surface area contributed by atoms with E-state index >= 15 is 0 Å². The average molecular weight is 218 g/mol. The standard InChI is InChI=1S/C12H18N4/c1-15(2)13-10-12(14-16(3)4)11-8-6-5-7-9-11/h5-10H,1-4H3/b13-10+,14-12+. The minimum atomic E-state index is 0.847. The molecular weight excluding hydrogens is 200 g/mol. The first-order valence-electron chi connectivity index (χ1n) is 5.12. The highest BCUT2D eigenvalue weighted by atomic mass is 15.4. The van der Waals surface area contributed by atoms with Gasteiger partial charge in [0.05, 0.1) is 6.21 Å². The van der Waals surface area contributed by atoms with Gasteiger partial charge in [-0.2, -0.15) is 10.2 Å². The molecule has 1 aromatic rings. The quantitative estimate of drug-likeness (QED) is 0.566. The molecule has 0 saturated heterocycles. The Balaban J connectivity index is 2.98. The molecule has 1 rings (SSSR count). The van der Waals surface area contributed by atoms with Crippen LogP contribution in [0.5, 0.6) is 0 Å². The van der Waals surface area contributed by atoms with E-state index < -0.39 is 0 Å². The number of nitrogens with zero attached hydrogens (tertiary/aromatic N) is 4. The van der Waals surface area contributed by atoms with Crippen molar-refractivity contribution in [1.82, 2.24) is 10.0 Å². The molecule has 4 heteroatoms. The van der Waals surface area contributed by atoms with Crippen molar-refractivity contribution < 1.29 is 0 Å². The van der Waals surface area contributed by atoms with Crippen LogP contribution in [0.25, 0.3) is 0 Å². The van der Waals surface area contributed by atoms with Crippen molar-refractivity contribution >= 4 is 11.9 Å². The molecule has 0 amide bonds. The highest BCUT2D eigenvalue weighted by molar-refractivity contribution is 6.38. The Hall–Kier alpha value is -1.84. The van der Waals surface area contributed by atoms with Gasteiger partial charge in [0.15, 0.2) is 0 Å². The fourth-order valence-corrected chi connectivity index (χ4v) is 1.15. The second-order valence-corrected chi connectivity index (χ2v) is 3.79. The molecule has 16 heavy (non-hydrogen) atoms. The third-order valence-corrected chi connectivity index (χ3v) is 1.79. The van der Waals surface area contributed by atoms with E-state index in [1.807, 2.05) is 58.5 Å². The zero-order valence-electron chi connectivity index (χ0n) is 10.3. The molecule has 0 radical (unpaired) electrons. The van der Waals surface area contributed by atoms with Gasteiger partial charge in [-0.15, -0.1) is 0 Å². The second kappa shape index (κ2) is 5.90. The zero-order chi connectivity index (χ0) is 12.0. The summed E-state index contributed by atoms with van der Waals surface area (Å²) < 4.78 is 0. The van der Waals surface area contributed by atoms with Crippen molar-refractivity contribution in [2.24, 2.45) is 10.2 Å². The molecule has 4 nitrogen and oxygen atoms in total. The summed E-state index contributed by atoms with van der Waals surface area (Å²) in [5.41, 5.74) is 1.90. The summed E-state index contributed by atoms with van der Waals surface area (Å²) in [6.45, 7) is 0. The van der Waals surface area contributed by atoms with Crippen LogP contribution in [0.1, 0.15) is 5.56 Å². The first-order valence-corrected chi connectivity index (χ1v) is 5.12. The summed E-state index contributed by atoms with van der Waals surface area (Å²) in [5, 5.41) is 12.1. The van der Waals surface area contributed by atoms with E-state index in [4.69, 9.17) is 0 Å². The van der Waals surface area contributed by atoms with Gasteiger partial charge in [-0.1, -0.05) is 30.3 Å². The lowest BCUT2D eigenvalue weighted by atomic mass is 10.1. The predicted molar refractivity (Wildman–Crippen MR) is 68.8 cm³/mol. The number of hydrazone groups is 2. The van der Waals surface area contributed by atoms with Crippen molar-refractivity contribution in [1.29, 1.82) is 0 Å². The molecule has 0 heterocycles. The van der Waals surface area contributed by atoms with Crippen LogP contribution in [0.15, 0.2) is 40.5 Å². The summed E-state index contributed by atoms with van der Waals surface area (Å²) in [6, 6.07) is 10.0. The largest absolute Gasteiger partial charge is 0.303 e. The van der Waals surface area contributed by atoms with Crippen molar-refractivity contribution in [3.8, 4) is 0 Å². The highest BCUT2D eigenvalue weighted by Crippen LogP contribution is 2.01. The van der Waals surface area contributed by atoms with E-state index in [0.29, 0.717) is 0 Å². The Kier molecular flexibility index (Phi) is 4.51. The number of hydrogen-bond donors (Lipinski definition) is 0. The minimum absolute atomic E-state index is 0.847. The van der Waals surface area contributed by atoms with Gasteiger partial charge in [-0.05, 0) is 0 Å². The summed E-state index contributed by atoms with van der Waals surface area (Å²) in [4.78, 5) is 0. The molecule has 0 bridgehead atoms. The Morgan fingerprint density at radius 1 is 1.00 bits per heavy atom. The normalized spacial score (nSPS) is 11.9. The fourth-order valence-electron chi connectivity index (χ4n) is 1.15. The van der Waals surface area contributed by atoms with Crippen molar-refractivity contribution in [2.45, 2.75) is 0 Å². The van der Waals surface area contributed by atoms with Gasteiger partial charge in [-0.25, -0.2) is 0 Å². The summed E-state index contributed by atoms with van der Waals surface area (Å²) in [6.07, 6.45) is 1.76. The third-order valence-electron chi connectivity index (χ3n) is 1.79. The number of benzene rings is 1. The van der Waals surface area contributed by atoms with Gasteiger partial charge in [-0.3, -0.25) is 0 Å². The molecule has 0 atom stereocenters. The van der Waals surface area contributed by atoms with Crippen molar-refractivity contribution in [3.05, 3.63) is 35.9 Å². The van der Waals surface area contributed by atoms with E-state index in [2.05, 4.69) is 10.2 Å². The topological polar surface area (TPSA) is 31.2 Å². The number of rotatable bonds is 4. The van der Waals surface area contributed by atoms with E-state index in [9.17, 15) is 0 Å². The molecule has 0 unspecified atom stereocenters. The van der Waals surface area contributed by atoms with Gasteiger partial charge in [0, 0.05) is 33.8 Å². The van der Waals surface area contributed by atoms with Crippen LogP contribution in [-0.4, -0.2) is 50.1 Å². The Bertz CT molecular complexity index is 366. The van der Waals surface area contributed by atoms with E-state index in [1.165, 1.54) is 0 Å². The monoisotopic (exact) mass is 218 g/mol. The van der Waals surface area contributed by atoms with Crippen molar-refractivity contribution in [3.63, 3.8) is 0 Å². The van der Waals surface area contributed by atoms with Gasteiger partial charge in [0.2, 0.25) is 0 Å². The predicted octanol–water partition coefficient (Wildman–Crippen LogP) is 1.50. The smallest absolute Gasteiger partial charge is 0.110 e. The molecular formula is C12H18N4. The summed E-state index contributed by atoms with van der Waals surface area (Å²) >= 11 is 0. The highest BCUT2D eigenvalue weighted by Gasteiger charge is 2.00. The lowest BCUT2D eigenvalue weighted by Crippen LogP contribution is -2.13. The lowest BCUT2D eigenvalue weighted by Gasteiger charge is -2.09. The first kappa shape index (κ1) is 12.2.